The molecule has 0 saturated heterocycles. The van der Waals surface area contributed by atoms with Crippen molar-refractivity contribution in [2.45, 2.75) is 58.5 Å². The molecule has 0 radical (unpaired) electrons. The van der Waals surface area contributed by atoms with Gasteiger partial charge in [-0.05, 0) is 50.3 Å². The maximum absolute atomic E-state index is 12.2. The van der Waals surface area contributed by atoms with E-state index in [1.165, 1.54) is 19.3 Å². The number of carbonyl (C=O) groups is 1. The van der Waals surface area contributed by atoms with Gasteiger partial charge in [-0.15, -0.1) is 0 Å². The third kappa shape index (κ3) is 4.65. The van der Waals surface area contributed by atoms with Crippen LogP contribution in [0.15, 0.2) is 24.3 Å². The average molecular weight is 304 g/mol. The number of nitrogens with one attached hydrogen (secondary N) is 2. The molecule has 1 aliphatic carbocycles. The van der Waals surface area contributed by atoms with E-state index in [0.29, 0.717) is 18.6 Å². The fourth-order valence-electron chi connectivity index (χ4n) is 3.04. The standard InChI is InChI=1S/C18H28N2O2/c1-4-22-16-11-9-15(10-12-16)14(3)19-18(21)20-17-8-6-5-7-13(17)2/h9-14,17H,4-8H2,1-3H3,(H2,19,20,21)/t13-,14+,17-/m1/s1. The van der Waals surface area contributed by atoms with E-state index in [-0.39, 0.29) is 12.1 Å². The van der Waals surface area contributed by atoms with E-state index in [1.807, 2.05) is 38.1 Å². The monoisotopic (exact) mass is 304 g/mol. The first-order chi connectivity index (χ1) is 10.6. The third-order valence-corrected chi connectivity index (χ3v) is 4.47. The van der Waals surface area contributed by atoms with Gasteiger partial charge in [0.1, 0.15) is 5.75 Å². The van der Waals surface area contributed by atoms with Crippen molar-refractivity contribution in [1.82, 2.24) is 10.6 Å². The smallest absolute Gasteiger partial charge is 0.315 e. The van der Waals surface area contributed by atoms with Crippen LogP contribution in [0.25, 0.3) is 0 Å². The minimum absolute atomic E-state index is 0.0189. The molecule has 0 heterocycles. The summed E-state index contributed by atoms with van der Waals surface area (Å²) in [5.74, 6) is 1.43. The predicted molar refractivity (Wildman–Crippen MR) is 89.1 cm³/mol. The molecule has 0 bridgehead atoms. The summed E-state index contributed by atoms with van der Waals surface area (Å²) in [5, 5.41) is 6.15. The summed E-state index contributed by atoms with van der Waals surface area (Å²) in [4.78, 5) is 12.2. The molecule has 1 aliphatic rings. The predicted octanol–water partition coefficient (Wildman–Crippen LogP) is 4.02. The molecular weight excluding hydrogens is 276 g/mol. The van der Waals surface area contributed by atoms with Gasteiger partial charge in [0.05, 0.1) is 12.6 Å². The lowest BCUT2D eigenvalue weighted by molar-refractivity contribution is 0.219. The van der Waals surface area contributed by atoms with Crippen LogP contribution in [0.2, 0.25) is 0 Å². The first-order valence-corrected chi connectivity index (χ1v) is 8.40. The van der Waals surface area contributed by atoms with Gasteiger partial charge in [-0.1, -0.05) is 31.9 Å². The molecule has 122 valence electrons. The van der Waals surface area contributed by atoms with E-state index in [9.17, 15) is 4.79 Å². The van der Waals surface area contributed by atoms with Crippen LogP contribution in [0, 0.1) is 5.92 Å². The van der Waals surface area contributed by atoms with E-state index in [1.54, 1.807) is 0 Å². The second-order valence-electron chi connectivity index (χ2n) is 6.21. The Hall–Kier alpha value is -1.71. The summed E-state index contributed by atoms with van der Waals surface area (Å²) in [6.45, 7) is 6.85. The van der Waals surface area contributed by atoms with E-state index < -0.39 is 0 Å². The highest BCUT2D eigenvalue weighted by molar-refractivity contribution is 5.74. The Labute approximate surface area is 133 Å². The molecule has 1 fully saturated rings. The molecular formula is C18H28N2O2. The summed E-state index contributed by atoms with van der Waals surface area (Å²) < 4.78 is 5.43. The number of carbonyl (C=O) groups excluding carboxylic acids is 1. The lowest BCUT2D eigenvalue weighted by Gasteiger charge is -2.30. The normalized spacial score (nSPS) is 22.7. The first-order valence-electron chi connectivity index (χ1n) is 8.40. The van der Waals surface area contributed by atoms with Gasteiger partial charge >= 0.3 is 6.03 Å². The van der Waals surface area contributed by atoms with E-state index in [0.717, 1.165) is 17.7 Å². The fourth-order valence-corrected chi connectivity index (χ4v) is 3.04. The van der Waals surface area contributed by atoms with Crippen LogP contribution < -0.4 is 15.4 Å². The minimum Gasteiger partial charge on any atom is -0.494 e. The highest BCUT2D eigenvalue weighted by atomic mass is 16.5. The highest BCUT2D eigenvalue weighted by Crippen LogP contribution is 2.24. The average Bonchev–Trinajstić information content (AvgIpc) is 2.50. The molecule has 4 heteroatoms. The Morgan fingerprint density at radius 3 is 2.59 bits per heavy atom. The van der Waals surface area contributed by atoms with Crippen molar-refractivity contribution < 1.29 is 9.53 Å². The Morgan fingerprint density at radius 2 is 1.95 bits per heavy atom. The second-order valence-corrected chi connectivity index (χ2v) is 6.21. The summed E-state index contributed by atoms with van der Waals surface area (Å²) in [6, 6.07) is 8.10. The summed E-state index contributed by atoms with van der Waals surface area (Å²) >= 11 is 0. The molecule has 0 aliphatic heterocycles. The zero-order valence-electron chi connectivity index (χ0n) is 13.9. The number of hydrogen-bond donors (Lipinski definition) is 2. The molecule has 4 nitrogen and oxygen atoms in total. The molecule has 0 aromatic heterocycles. The lowest BCUT2D eigenvalue weighted by Crippen LogP contribution is -2.46. The SMILES string of the molecule is CCOc1ccc([C@H](C)NC(=O)N[C@@H]2CCCC[C@H]2C)cc1. The molecule has 22 heavy (non-hydrogen) atoms. The molecule has 2 N–H and O–H groups in total. The number of benzene rings is 1. The largest absolute Gasteiger partial charge is 0.494 e. The van der Waals surface area contributed by atoms with Crippen molar-refractivity contribution in [3.8, 4) is 5.75 Å². The number of urea groups is 1. The van der Waals surface area contributed by atoms with Crippen LogP contribution in [-0.2, 0) is 0 Å². The maximum Gasteiger partial charge on any atom is 0.315 e. The van der Waals surface area contributed by atoms with Crippen LogP contribution in [0.1, 0.15) is 58.1 Å². The van der Waals surface area contributed by atoms with Gasteiger partial charge in [0.15, 0.2) is 0 Å². The Bertz CT molecular complexity index is 472. The van der Waals surface area contributed by atoms with Crippen LogP contribution in [0.4, 0.5) is 4.79 Å². The van der Waals surface area contributed by atoms with Gasteiger partial charge < -0.3 is 15.4 Å². The minimum atomic E-state index is -0.0693. The van der Waals surface area contributed by atoms with E-state index in [4.69, 9.17) is 4.74 Å². The van der Waals surface area contributed by atoms with E-state index >= 15 is 0 Å². The van der Waals surface area contributed by atoms with Crippen LogP contribution in [0.3, 0.4) is 0 Å². The third-order valence-electron chi connectivity index (χ3n) is 4.47. The van der Waals surface area contributed by atoms with Crippen molar-refractivity contribution in [2.24, 2.45) is 5.92 Å². The van der Waals surface area contributed by atoms with Crippen LogP contribution in [-0.4, -0.2) is 18.7 Å². The molecule has 0 spiro atoms. The fraction of sp³-hybridized carbons (Fsp3) is 0.611. The van der Waals surface area contributed by atoms with Gasteiger partial charge in [0.25, 0.3) is 0 Å². The molecule has 2 amide bonds. The molecule has 0 unspecified atom stereocenters. The molecule has 2 rings (SSSR count). The Balaban J connectivity index is 1.84. The van der Waals surface area contributed by atoms with Crippen molar-refractivity contribution in [2.75, 3.05) is 6.61 Å². The first kappa shape index (κ1) is 16.7. The molecule has 1 aromatic rings. The summed E-state index contributed by atoms with van der Waals surface area (Å²) in [7, 11) is 0. The Kier molecular flexibility index (Phi) is 6.10. The number of hydrogen-bond acceptors (Lipinski definition) is 2. The zero-order valence-corrected chi connectivity index (χ0v) is 13.9. The number of amides is 2. The maximum atomic E-state index is 12.2. The van der Waals surface area contributed by atoms with Gasteiger partial charge in [0, 0.05) is 6.04 Å². The summed E-state index contributed by atoms with van der Waals surface area (Å²) in [5.41, 5.74) is 1.08. The molecule has 1 saturated carbocycles. The van der Waals surface area contributed by atoms with Gasteiger partial charge in [-0.2, -0.15) is 0 Å². The van der Waals surface area contributed by atoms with Gasteiger partial charge in [-0.3, -0.25) is 0 Å². The van der Waals surface area contributed by atoms with Crippen LogP contribution in [0.5, 0.6) is 5.75 Å². The molecule has 1 aromatic carbocycles. The highest BCUT2D eigenvalue weighted by Gasteiger charge is 2.23. The van der Waals surface area contributed by atoms with E-state index in [2.05, 4.69) is 17.6 Å². The van der Waals surface area contributed by atoms with Crippen molar-refractivity contribution in [3.05, 3.63) is 29.8 Å². The van der Waals surface area contributed by atoms with Crippen molar-refractivity contribution in [3.63, 3.8) is 0 Å². The van der Waals surface area contributed by atoms with Crippen LogP contribution >= 0.6 is 0 Å². The molecule has 3 atom stereocenters. The number of rotatable bonds is 5. The lowest BCUT2D eigenvalue weighted by atomic mass is 9.86. The Morgan fingerprint density at radius 1 is 1.27 bits per heavy atom. The zero-order chi connectivity index (χ0) is 15.9. The van der Waals surface area contributed by atoms with Crippen molar-refractivity contribution in [1.29, 1.82) is 0 Å². The quantitative estimate of drug-likeness (QED) is 0.863. The topological polar surface area (TPSA) is 50.4 Å². The summed E-state index contributed by atoms with van der Waals surface area (Å²) in [6.07, 6.45) is 4.79. The second kappa shape index (κ2) is 8.06. The van der Waals surface area contributed by atoms with Gasteiger partial charge in [-0.25, -0.2) is 4.79 Å². The van der Waals surface area contributed by atoms with Crippen molar-refractivity contribution >= 4 is 6.03 Å². The number of ether oxygens (including phenoxy) is 1. The van der Waals surface area contributed by atoms with Gasteiger partial charge in [0.2, 0.25) is 0 Å².